The Labute approximate surface area is 221 Å². The molecule has 6 aromatic carbocycles. The number of benzene rings is 6. The lowest BCUT2D eigenvalue weighted by Crippen LogP contribution is -2.29. The van der Waals surface area contributed by atoms with Crippen molar-refractivity contribution in [1.82, 2.24) is 0 Å². The second kappa shape index (κ2) is 8.90. The lowest BCUT2D eigenvalue weighted by molar-refractivity contribution is 0.670. The minimum Gasteiger partial charge on any atom is -0.455 e. The van der Waals surface area contributed by atoms with E-state index in [0.29, 0.717) is 0 Å². The van der Waals surface area contributed by atoms with Crippen molar-refractivity contribution in [2.45, 2.75) is 6.92 Å². The van der Waals surface area contributed by atoms with Gasteiger partial charge in [-0.25, -0.2) is 0 Å². The van der Waals surface area contributed by atoms with E-state index in [0.717, 1.165) is 32.7 Å². The number of furan rings is 1. The van der Waals surface area contributed by atoms with Gasteiger partial charge in [0.1, 0.15) is 11.2 Å². The van der Waals surface area contributed by atoms with Gasteiger partial charge in [-0.2, -0.15) is 0 Å². The summed E-state index contributed by atoms with van der Waals surface area (Å²) >= 11 is 0. The minimum absolute atomic E-state index is 0.906. The van der Waals surface area contributed by atoms with E-state index < -0.39 is 0 Å². The summed E-state index contributed by atoms with van der Waals surface area (Å²) in [5.41, 5.74) is 6.56. The van der Waals surface area contributed by atoms with Gasteiger partial charge in [-0.05, 0) is 56.1 Å². The van der Waals surface area contributed by atoms with Crippen LogP contribution in [-0.2, 0) is 0 Å². The molecule has 7 rings (SSSR count). The monoisotopic (exact) mass is 486 g/mol. The lowest BCUT2D eigenvalue weighted by atomic mass is 9.86. The molecule has 0 atom stereocenters. The maximum absolute atomic E-state index is 6.52. The molecule has 1 heterocycles. The summed E-state index contributed by atoms with van der Waals surface area (Å²) < 4.78 is 6.52. The molecule has 180 valence electrons. The molecule has 38 heavy (non-hydrogen) atoms. The van der Waals surface area contributed by atoms with Crippen LogP contribution in [0, 0.1) is 0 Å². The molecule has 0 aliphatic rings. The first-order valence-electron chi connectivity index (χ1n) is 13.0. The fourth-order valence-electron chi connectivity index (χ4n) is 6.04. The topological polar surface area (TPSA) is 13.1 Å². The van der Waals surface area contributed by atoms with Crippen LogP contribution in [0.1, 0.15) is 6.92 Å². The zero-order valence-corrected chi connectivity index (χ0v) is 21.2. The molecule has 1 heteroatoms. The van der Waals surface area contributed by atoms with E-state index in [-0.39, 0.29) is 0 Å². The van der Waals surface area contributed by atoms with Crippen LogP contribution in [0.3, 0.4) is 0 Å². The number of hydrogen-bond acceptors (Lipinski definition) is 1. The summed E-state index contributed by atoms with van der Waals surface area (Å²) in [6.07, 6.45) is 6.28. The van der Waals surface area contributed by atoms with Crippen LogP contribution in [0.2, 0.25) is 0 Å². The summed E-state index contributed by atoms with van der Waals surface area (Å²) in [6.45, 7) is 6.23. The van der Waals surface area contributed by atoms with Crippen molar-refractivity contribution in [2.24, 2.45) is 0 Å². The van der Waals surface area contributed by atoms with Crippen LogP contribution in [-0.4, -0.2) is 0 Å². The van der Waals surface area contributed by atoms with Crippen LogP contribution in [0.5, 0.6) is 0 Å². The third kappa shape index (κ3) is 3.26. The third-order valence-electron chi connectivity index (χ3n) is 7.60. The molecule has 0 saturated carbocycles. The Kier molecular flexibility index (Phi) is 5.23. The van der Waals surface area contributed by atoms with E-state index in [1.807, 2.05) is 18.2 Å². The Morgan fingerprint density at radius 2 is 1.13 bits per heavy atom. The number of hydrogen-bond donors (Lipinski definition) is 0. The molecule has 0 spiro atoms. The molecule has 0 radical (unpaired) electrons. The second-order valence-electron chi connectivity index (χ2n) is 9.62. The Morgan fingerprint density at radius 1 is 0.553 bits per heavy atom. The Balaban J connectivity index is 1.71. The number of allylic oxidation sites excluding steroid dienone is 1. The standard InChI is InChI=1S/C37H26O/c1-3-13-28-25(4-2)35(29-20-11-15-24-14-5-6-16-26(24)29)30-18-7-8-19-31(30)36(28)33-22-12-21-32-27-17-9-10-23-34(27)38-37(32)33/h3-23H,1H2,2H3/b25-4+,28-13+. The summed E-state index contributed by atoms with van der Waals surface area (Å²) in [7, 11) is 0. The Morgan fingerprint density at radius 3 is 1.89 bits per heavy atom. The molecular weight excluding hydrogens is 460 g/mol. The molecule has 0 amide bonds. The Bertz CT molecular complexity index is 2150. The van der Waals surface area contributed by atoms with E-state index >= 15 is 0 Å². The number of para-hydroxylation sites is 2. The third-order valence-corrected chi connectivity index (χ3v) is 7.60. The summed E-state index contributed by atoms with van der Waals surface area (Å²) in [5.74, 6) is 0. The van der Waals surface area contributed by atoms with E-state index in [1.54, 1.807) is 0 Å². The largest absolute Gasteiger partial charge is 0.455 e. The van der Waals surface area contributed by atoms with Crippen molar-refractivity contribution < 1.29 is 4.42 Å². The van der Waals surface area contributed by atoms with Gasteiger partial charge in [0.05, 0.1) is 0 Å². The first kappa shape index (κ1) is 22.3. The van der Waals surface area contributed by atoms with Crippen molar-refractivity contribution in [2.75, 3.05) is 0 Å². The van der Waals surface area contributed by atoms with Crippen molar-refractivity contribution >= 4 is 55.6 Å². The molecule has 1 aromatic heterocycles. The molecule has 0 bridgehead atoms. The maximum Gasteiger partial charge on any atom is 0.143 e. The zero-order valence-electron chi connectivity index (χ0n) is 21.2. The molecule has 0 unspecified atom stereocenters. The van der Waals surface area contributed by atoms with E-state index in [2.05, 4.69) is 123 Å². The molecule has 1 nitrogen and oxygen atoms in total. The first-order chi connectivity index (χ1) is 18.8. The first-order valence-corrected chi connectivity index (χ1v) is 13.0. The average Bonchev–Trinajstić information content (AvgIpc) is 3.36. The van der Waals surface area contributed by atoms with Crippen LogP contribution >= 0.6 is 0 Å². The smallest absolute Gasteiger partial charge is 0.143 e. The highest BCUT2D eigenvalue weighted by Crippen LogP contribution is 2.39. The molecule has 0 saturated heterocycles. The number of fused-ring (bicyclic) bond motifs is 5. The van der Waals surface area contributed by atoms with E-state index in [4.69, 9.17) is 4.42 Å². The predicted octanol–water partition coefficient (Wildman–Crippen LogP) is 8.99. The fourth-order valence-corrected chi connectivity index (χ4v) is 6.04. The van der Waals surface area contributed by atoms with Crippen molar-refractivity contribution in [1.29, 1.82) is 0 Å². The molecule has 0 aliphatic heterocycles. The van der Waals surface area contributed by atoms with Gasteiger partial charge in [0, 0.05) is 21.9 Å². The molecule has 7 aromatic rings. The van der Waals surface area contributed by atoms with Gasteiger partial charge in [-0.1, -0.05) is 128 Å². The summed E-state index contributed by atoms with van der Waals surface area (Å²) in [4.78, 5) is 0. The maximum atomic E-state index is 6.52. The Hall–Kier alpha value is -4.88. The predicted molar refractivity (Wildman–Crippen MR) is 164 cm³/mol. The zero-order chi connectivity index (χ0) is 25.6. The SMILES string of the molecule is C=C/C=c1/c(-c2cccc3c2oc2ccccc23)c2ccccc2c(-c2cccc3ccccc23)/c1=C/C. The lowest BCUT2D eigenvalue weighted by Gasteiger charge is -2.17. The van der Waals surface area contributed by atoms with Crippen molar-refractivity contribution in [3.05, 3.63) is 132 Å². The molecule has 0 fully saturated rings. The van der Waals surface area contributed by atoms with Crippen LogP contribution < -0.4 is 10.4 Å². The highest BCUT2D eigenvalue weighted by Gasteiger charge is 2.19. The van der Waals surface area contributed by atoms with Crippen LogP contribution in [0.15, 0.2) is 126 Å². The highest BCUT2D eigenvalue weighted by atomic mass is 16.3. The number of rotatable bonds is 3. The fraction of sp³-hybridized carbons (Fsp3) is 0.0270. The van der Waals surface area contributed by atoms with Crippen molar-refractivity contribution in [3.63, 3.8) is 0 Å². The minimum atomic E-state index is 0.906. The van der Waals surface area contributed by atoms with Gasteiger partial charge in [0.2, 0.25) is 0 Å². The molecule has 0 aliphatic carbocycles. The average molecular weight is 487 g/mol. The van der Waals surface area contributed by atoms with Crippen LogP contribution in [0.4, 0.5) is 0 Å². The van der Waals surface area contributed by atoms with Gasteiger partial charge < -0.3 is 4.42 Å². The van der Waals surface area contributed by atoms with Gasteiger partial charge >= 0.3 is 0 Å². The normalized spacial score (nSPS) is 12.8. The van der Waals surface area contributed by atoms with E-state index in [9.17, 15) is 0 Å². The summed E-state index contributed by atoms with van der Waals surface area (Å²) in [6, 6.07) is 38.7. The quantitative estimate of drug-likeness (QED) is 0.243. The van der Waals surface area contributed by atoms with Gasteiger partial charge in [0.25, 0.3) is 0 Å². The molecular formula is C37H26O. The van der Waals surface area contributed by atoms with Gasteiger partial charge in [-0.3, -0.25) is 0 Å². The summed E-state index contributed by atoms with van der Waals surface area (Å²) in [5, 5.41) is 9.52. The van der Waals surface area contributed by atoms with Gasteiger partial charge in [-0.15, -0.1) is 0 Å². The van der Waals surface area contributed by atoms with E-state index in [1.165, 1.54) is 43.5 Å². The second-order valence-corrected chi connectivity index (χ2v) is 9.62. The van der Waals surface area contributed by atoms with Crippen molar-refractivity contribution in [3.8, 4) is 22.3 Å². The highest BCUT2D eigenvalue weighted by molar-refractivity contribution is 6.15. The van der Waals surface area contributed by atoms with Crippen LogP contribution in [0.25, 0.3) is 77.9 Å². The molecule has 0 N–H and O–H groups in total. The van der Waals surface area contributed by atoms with Gasteiger partial charge in [0.15, 0.2) is 0 Å².